The van der Waals surface area contributed by atoms with Gasteiger partial charge in [0.15, 0.2) is 10.9 Å². The van der Waals surface area contributed by atoms with E-state index in [1.807, 2.05) is 0 Å². The molecule has 1 saturated heterocycles. The van der Waals surface area contributed by atoms with Gasteiger partial charge in [-0.1, -0.05) is 17.4 Å². The maximum absolute atomic E-state index is 14.3. The summed E-state index contributed by atoms with van der Waals surface area (Å²) in [5.74, 6) is -4.55. The van der Waals surface area contributed by atoms with Gasteiger partial charge in [-0.25, -0.2) is 31.0 Å². The zero-order valence-electron chi connectivity index (χ0n) is 19.7. The molecular formula is C25H20F4N4O3S2. The number of thiazole rings is 1. The lowest BCUT2D eigenvalue weighted by Gasteiger charge is -2.33. The number of rotatable bonds is 6. The number of anilines is 1. The van der Waals surface area contributed by atoms with Crippen LogP contribution in [0, 0.1) is 29.2 Å². The van der Waals surface area contributed by atoms with Gasteiger partial charge in [-0.15, -0.1) is 0 Å². The van der Waals surface area contributed by atoms with E-state index in [0.29, 0.717) is 11.6 Å². The van der Waals surface area contributed by atoms with Crippen LogP contribution in [0.15, 0.2) is 59.8 Å². The molecule has 0 unspecified atom stereocenters. The SMILES string of the molecule is O=C(C1CCN(S(=O)(=O)c2cc(F)ccc2F)CC1)N(Cc1cccnc1)c1nc2c(F)cc(F)cc2s1. The Morgan fingerprint density at radius 2 is 1.79 bits per heavy atom. The molecule has 2 aromatic carbocycles. The van der Waals surface area contributed by atoms with Crippen LogP contribution < -0.4 is 4.90 Å². The number of nitrogens with zero attached hydrogens (tertiary/aromatic N) is 4. The second kappa shape index (κ2) is 10.4. The lowest BCUT2D eigenvalue weighted by atomic mass is 9.96. The number of amides is 1. The normalized spacial score (nSPS) is 15.2. The smallest absolute Gasteiger partial charge is 0.246 e. The number of carbonyl (C=O) groups excluding carboxylic acids is 1. The Morgan fingerprint density at radius 1 is 1.03 bits per heavy atom. The molecule has 0 spiro atoms. The minimum absolute atomic E-state index is 0.0591. The number of pyridine rings is 1. The summed E-state index contributed by atoms with van der Waals surface area (Å²) in [7, 11) is -4.31. The molecule has 1 aliphatic heterocycles. The molecule has 1 aliphatic rings. The van der Waals surface area contributed by atoms with Gasteiger partial charge >= 0.3 is 0 Å². The highest BCUT2D eigenvalue weighted by Crippen LogP contribution is 2.34. The van der Waals surface area contributed by atoms with Gasteiger partial charge in [0.05, 0.1) is 11.2 Å². The van der Waals surface area contributed by atoms with Crippen molar-refractivity contribution in [1.29, 1.82) is 0 Å². The Hall–Kier alpha value is -3.42. The maximum atomic E-state index is 14.3. The predicted octanol–water partition coefficient (Wildman–Crippen LogP) is 4.88. The van der Waals surface area contributed by atoms with E-state index >= 15 is 0 Å². The van der Waals surface area contributed by atoms with E-state index < -0.39 is 44.1 Å². The van der Waals surface area contributed by atoms with Gasteiger partial charge in [-0.05, 0) is 48.7 Å². The zero-order valence-corrected chi connectivity index (χ0v) is 21.3. The molecule has 1 fully saturated rings. The molecular weight excluding hydrogens is 544 g/mol. The fraction of sp³-hybridized carbons (Fsp3) is 0.240. The van der Waals surface area contributed by atoms with Crippen LogP contribution >= 0.6 is 11.3 Å². The summed E-state index contributed by atoms with van der Waals surface area (Å²) in [6.07, 6.45) is 3.37. The van der Waals surface area contributed by atoms with Crippen molar-refractivity contribution < 1.29 is 30.8 Å². The van der Waals surface area contributed by atoms with E-state index in [-0.39, 0.29) is 53.7 Å². The molecule has 198 valence electrons. The summed E-state index contributed by atoms with van der Waals surface area (Å²) in [5.41, 5.74) is 0.613. The fourth-order valence-electron chi connectivity index (χ4n) is 4.35. The minimum Gasteiger partial charge on any atom is -0.283 e. The molecule has 0 bridgehead atoms. The first-order valence-corrected chi connectivity index (χ1v) is 13.8. The number of halogens is 4. The highest BCUT2D eigenvalue weighted by molar-refractivity contribution is 7.89. The van der Waals surface area contributed by atoms with Crippen LogP contribution in [0.25, 0.3) is 10.2 Å². The molecule has 13 heteroatoms. The Labute approximate surface area is 219 Å². The molecule has 5 rings (SSSR count). The van der Waals surface area contributed by atoms with Crippen LogP contribution in [-0.4, -0.2) is 41.7 Å². The number of aromatic nitrogens is 2. The standard InChI is InChI=1S/C25H20F4N4O3S2/c26-17-3-4-19(28)22(12-17)38(35,36)32-8-5-16(6-9-32)24(34)33(14-15-2-1-7-30-13-15)25-31-23-20(29)10-18(27)11-21(23)37-25/h1-4,7,10-13,16H,5-6,8-9,14H2. The highest BCUT2D eigenvalue weighted by atomic mass is 32.2. The van der Waals surface area contributed by atoms with Crippen LogP contribution in [0.5, 0.6) is 0 Å². The molecule has 2 aromatic heterocycles. The second-order valence-corrected chi connectivity index (χ2v) is 11.7. The largest absolute Gasteiger partial charge is 0.283 e. The van der Waals surface area contributed by atoms with Crippen LogP contribution in [0.1, 0.15) is 18.4 Å². The number of sulfonamides is 1. The highest BCUT2D eigenvalue weighted by Gasteiger charge is 2.36. The van der Waals surface area contributed by atoms with Crippen molar-refractivity contribution in [2.24, 2.45) is 5.92 Å². The molecule has 1 amide bonds. The number of hydrogen-bond acceptors (Lipinski definition) is 6. The number of hydrogen-bond donors (Lipinski definition) is 0. The molecule has 7 nitrogen and oxygen atoms in total. The fourth-order valence-corrected chi connectivity index (χ4v) is 6.91. The van der Waals surface area contributed by atoms with Crippen molar-refractivity contribution >= 4 is 42.6 Å². The third-order valence-electron chi connectivity index (χ3n) is 6.28. The summed E-state index contributed by atoms with van der Waals surface area (Å²) >= 11 is 0.960. The predicted molar refractivity (Wildman–Crippen MR) is 133 cm³/mol. The van der Waals surface area contributed by atoms with E-state index in [2.05, 4.69) is 9.97 Å². The summed E-state index contributed by atoms with van der Waals surface area (Å²) in [6, 6.07) is 7.52. The summed E-state index contributed by atoms with van der Waals surface area (Å²) < 4.78 is 83.0. The van der Waals surface area contributed by atoms with Gasteiger partial charge in [0, 0.05) is 37.5 Å². The van der Waals surface area contributed by atoms with Gasteiger partial charge in [0.1, 0.15) is 27.9 Å². The van der Waals surface area contributed by atoms with Gasteiger partial charge in [-0.3, -0.25) is 14.7 Å². The first-order chi connectivity index (χ1) is 18.1. The van der Waals surface area contributed by atoms with Gasteiger partial charge in [0.2, 0.25) is 15.9 Å². The maximum Gasteiger partial charge on any atom is 0.246 e. The molecule has 0 N–H and O–H groups in total. The molecule has 0 aliphatic carbocycles. The van der Waals surface area contributed by atoms with Crippen molar-refractivity contribution in [3.8, 4) is 0 Å². The summed E-state index contributed by atoms with van der Waals surface area (Å²) in [5, 5.41) is 0.162. The first-order valence-electron chi connectivity index (χ1n) is 11.5. The summed E-state index contributed by atoms with van der Waals surface area (Å²) in [4.78, 5) is 22.6. The zero-order chi connectivity index (χ0) is 27.0. The van der Waals surface area contributed by atoms with Gasteiger partial charge < -0.3 is 0 Å². The van der Waals surface area contributed by atoms with E-state index in [4.69, 9.17) is 0 Å². The third-order valence-corrected chi connectivity index (χ3v) is 9.22. The molecule has 3 heterocycles. The van der Waals surface area contributed by atoms with Crippen molar-refractivity contribution in [2.75, 3.05) is 18.0 Å². The number of fused-ring (bicyclic) bond motifs is 1. The average Bonchev–Trinajstić information content (AvgIpc) is 3.33. The summed E-state index contributed by atoms with van der Waals surface area (Å²) in [6.45, 7) is -0.117. The Balaban J connectivity index is 1.40. The molecule has 38 heavy (non-hydrogen) atoms. The quantitative estimate of drug-likeness (QED) is 0.312. The van der Waals surface area contributed by atoms with Crippen molar-refractivity contribution in [3.05, 3.63) is 83.7 Å². The lowest BCUT2D eigenvalue weighted by Crippen LogP contribution is -2.44. The number of benzene rings is 2. The Morgan fingerprint density at radius 3 is 2.50 bits per heavy atom. The molecule has 0 atom stereocenters. The Bertz CT molecular complexity index is 1610. The van der Waals surface area contributed by atoms with E-state index in [1.165, 1.54) is 4.90 Å². The average molecular weight is 565 g/mol. The second-order valence-electron chi connectivity index (χ2n) is 8.77. The molecule has 0 saturated carbocycles. The molecule has 0 radical (unpaired) electrons. The van der Waals surface area contributed by atoms with Crippen LogP contribution in [0.4, 0.5) is 22.7 Å². The van der Waals surface area contributed by atoms with Crippen LogP contribution in [-0.2, 0) is 21.4 Å². The number of piperidine rings is 1. The Kier molecular flexibility index (Phi) is 7.16. The third kappa shape index (κ3) is 5.13. The van der Waals surface area contributed by atoms with Gasteiger partial charge in [0.25, 0.3) is 0 Å². The lowest BCUT2D eigenvalue weighted by molar-refractivity contribution is -0.123. The van der Waals surface area contributed by atoms with Crippen molar-refractivity contribution in [1.82, 2.24) is 14.3 Å². The van der Waals surface area contributed by atoms with Crippen molar-refractivity contribution in [2.45, 2.75) is 24.3 Å². The number of carbonyl (C=O) groups is 1. The van der Waals surface area contributed by atoms with Crippen molar-refractivity contribution in [3.63, 3.8) is 0 Å². The van der Waals surface area contributed by atoms with E-state index in [1.54, 1.807) is 24.5 Å². The topological polar surface area (TPSA) is 83.5 Å². The van der Waals surface area contributed by atoms with Gasteiger partial charge in [-0.2, -0.15) is 4.31 Å². The van der Waals surface area contributed by atoms with E-state index in [0.717, 1.165) is 39.9 Å². The van der Waals surface area contributed by atoms with E-state index in [9.17, 15) is 30.8 Å². The minimum atomic E-state index is -4.31. The molecule has 4 aromatic rings. The monoisotopic (exact) mass is 564 g/mol. The van der Waals surface area contributed by atoms with Crippen LogP contribution in [0.2, 0.25) is 0 Å². The first kappa shape index (κ1) is 26.2. The van der Waals surface area contributed by atoms with Crippen LogP contribution in [0.3, 0.4) is 0 Å².